The Labute approximate surface area is 190 Å². The van der Waals surface area contributed by atoms with E-state index >= 15 is 0 Å². The minimum absolute atomic E-state index is 0.0298. The molecular weight excluding hydrogens is 398 g/mol. The molecule has 4 rings (SSSR count). The largest absolute Gasteiger partial charge is 0.477 e. The van der Waals surface area contributed by atoms with Gasteiger partial charge in [-0.1, -0.05) is 84.0 Å². The fourth-order valence-corrected chi connectivity index (χ4v) is 4.35. The van der Waals surface area contributed by atoms with Gasteiger partial charge in [-0.05, 0) is 35.1 Å². The smallest absolute Gasteiger partial charge is 0.206 e. The van der Waals surface area contributed by atoms with Gasteiger partial charge in [-0.25, -0.2) is 0 Å². The van der Waals surface area contributed by atoms with Gasteiger partial charge in [-0.3, -0.25) is 9.59 Å². The SMILES string of the molecule is CC(C)(C)C1=CC2(C=C(C(C)(C)C)C1=O)Nc1ccccc1O[C@H]2C(=O)c1ccccc1. The third-order valence-electron chi connectivity index (χ3n) is 6.08. The van der Waals surface area contributed by atoms with E-state index in [4.69, 9.17) is 4.74 Å². The van der Waals surface area contributed by atoms with Crippen molar-refractivity contribution in [3.8, 4) is 5.75 Å². The van der Waals surface area contributed by atoms with Crippen LogP contribution in [0.15, 0.2) is 77.9 Å². The summed E-state index contributed by atoms with van der Waals surface area (Å²) in [6.07, 6.45) is 2.99. The molecule has 0 radical (unpaired) electrons. The molecule has 4 nitrogen and oxygen atoms in total. The van der Waals surface area contributed by atoms with Gasteiger partial charge in [0.25, 0.3) is 0 Å². The van der Waals surface area contributed by atoms with Gasteiger partial charge in [0, 0.05) is 16.7 Å². The molecular formula is C28H31NO3. The van der Waals surface area contributed by atoms with Crippen LogP contribution in [-0.2, 0) is 4.79 Å². The van der Waals surface area contributed by atoms with Crippen molar-refractivity contribution in [2.45, 2.75) is 53.2 Å². The number of hydrogen-bond donors (Lipinski definition) is 1. The number of ketones is 2. The molecule has 32 heavy (non-hydrogen) atoms. The van der Waals surface area contributed by atoms with E-state index in [0.29, 0.717) is 22.5 Å². The van der Waals surface area contributed by atoms with Gasteiger partial charge in [0.15, 0.2) is 11.9 Å². The number of nitrogens with one attached hydrogen (secondary N) is 1. The summed E-state index contributed by atoms with van der Waals surface area (Å²) in [4.78, 5) is 27.3. The molecule has 0 fully saturated rings. The first kappa shape index (κ1) is 22.1. The van der Waals surface area contributed by atoms with Crippen molar-refractivity contribution >= 4 is 17.3 Å². The Kier molecular flexibility index (Phi) is 5.15. The van der Waals surface area contributed by atoms with Crippen LogP contribution in [0.3, 0.4) is 0 Å². The second-order valence-corrected chi connectivity index (χ2v) is 10.7. The van der Waals surface area contributed by atoms with Crippen LogP contribution in [0.5, 0.6) is 5.75 Å². The molecule has 0 saturated heterocycles. The van der Waals surface area contributed by atoms with E-state index in [1.165, 1.54) is 0 Å². The van der Waals surface area contributed by atoms with Crippen LogP contribution in [0.1, 0.15) is 51.9 Å². The first-order valence-electron chi connectivity index (χ1n) is 11.1. The van der Waals surface area contributed by atoms with Crippen molar-refractivity contribution in [3.05, 3.63) is 83.5 Å². The molecule has 2 aliphatic rings. The molecule has 1 N–H and O–H groups in total. The monoisotopic (exact) mass is 429 g/mol. The zero-order valence-electron chi connectivity index (χ0n) is 19.7. The highest BCUT2D eigenvalue weighted by atomic mass is 16.5. The van der Waals surface area contributed by atoms with E-state index in [0.717, 1.165) is 5.69 Å². The summed E-state index contributed by atoms with van der Waals surface area (Å²) in [5.41, 5.74) is 0.971. The van der Waals surface area contributed by atoms with Crippen molar-refractivity contribution in [3.63, 3.8) is 0 Å². The number of carbonyl (C=O) groups is 2. The number of ether oxygens (including phenoxy) is 1. The topological polar surface area (TPSA) is 55.4 Å². The summed E-state index contributed by atoms with van der Waals surface area (Å²) in [7, 11) is 0. The molecule has 1 aliphatic heterocycles. The second kappa shape index (κ2) is 7.47. The lowest BCUT2D eigenvalue weighted by atomic mass is 9.67. The van der Waals surface area contributed by atoms with Gasteiger partial charge in [-0.15, -0.1) is 0 Å². The minimum Gasteiger partial charge on any atom is -0.477 e. The van der Waals surface area contributed by atoms with Crippen molar-refractivity contribution in [1.82, 2.24) is 0 Å². The van der Waals surface area contributed by atoms with Crippen molar-refractivity contribution in [1.29, 1.82) is 0 Å². The van der Waals surface area contributed by atoms with Gasteiger partial charge in [-0.2, -0.15) is 0 Å². The maximum atomic E-state index is 13.8. The lowest BCUT2D eigenvalue weighted by Crippen LogP contribution is -2.58. The average Bonchev–Trinajstić information content (AvgIpc) is 2.73. The Morgan fingerprint density at radius 1 is 0.844 bits per heavy atom. The zero-order valence-corrected chi connectivity index (χ0v) is 19.7. The maximum absolute atomic E-state index is 13.8. The van der Waals surface area contributed by atoms with Crippen LogP contribution >= 0.6 is 0 Å². The van der Waals surface area contributed by atoms with Crippen molar-refractivity contribution in [2.75, 3.05) is 5.32 Å². The van der Waals surface area contributed by atoms with Crippen LogP contribution in [0, 0.1) is 10.8 Å². The van der Waals surface area contributed by atoms with E-state index in [-0.39, 0.29) is 11.6 Å². The van der Waals surface area contributed by atoms with E-state index < -0.39 is 22.5 Å². The molecule has 0 saturated carbocycles. The normalized spacial score (nSPS) is 19.9. The summed E-state index contributed by atoms with van der Waals surface area (Å²) < 4.78 is 6.39. The predicted octanol–water partition coefficient (Wildman–Crippen LogP) is 6.01. The van der Waals surface area contributed by atoms with Gasteiger partial charge >= 0.3 is 0 Å². The molecule has 2 aromatic rings. The number of Topliss-reactive ketones (excluding diaryl/α,β-unsaturated/α-hetero) is 2. The molecule has 1 aliphatic carbocycles. The molecule has 1 heterocycles. The zero-order chi connectivity index (χ0) is 23.3. The van der Waals surface area contributed by atoms with Crippen LogP contribution in [-0.4, -0.2) is 23.2 Å². The molecule has 166 valence electrons. The summed E-state index contributed by atoms with van der Waals surface area (Å²) >= 11 is 0. The van der Waals surface area contributed by atoms with Crippen LogP contribution in [0.25, 0.3) is 0 Å². The quantitative estimate of drug-likeness (QED) is 0.594. The molecule has 0 unspecified atom stereocenters. The number of anilines is 1. The Bertz CT molecular complexity index is 1090. The van der Waals surface area contributed by atoms with E-state index in [1.807, 2.05) is 96.2 Å². The van der Waals surface area contributed by atoms with Gasteiger partial charge < -0.3 is 10.1 Å². The first-order chi connectivity index (χ1) is 14.9. The first-order valence-corrected chi connectivity index (χ1v) is 11.1. The molecule has 1 atom stereocenters. The lowest BCUT2D eigenvalue weighted by Gasteiger charge is -2.46. The maximum Gasteiger partial charge on any atom is 0.206 e. The average molecular weight is 430 g/mol. The molecule has 0 aromatic heterocycles. The number of carbonyl (C=O) groups excluding carboxylic acids is 2. The van der Waals surface area contributed by atoms with E-state index in [2.05, 4.69) is 5.32 Å². The Hall–Kier alpha value is -3.14. The lowest BCUT2D eigenvalue weighted by molar-refractivity contribution is -0.114. The van der Waals surface area contributed by atoms with Gasteiger partial charge in [0.05, 0.1) is 5.69 Å². The summed E-state index contributed by atoms with van der Waals surface area (Å²) in [5, 5.41) is 3.59. The highest BCUT2D eigenvalue weighted by Crippen LogP contribution is 2.46. The van der Waals surface area contributed by atoms with Crippen LogP contribution in [0.4, 0.5) is 5.69 Å². The fourth-order valence-electron chi connectivity index (χ4n) is 4.35. The standard InChI is InChI=1S/C28H31NO3/c1-26(2,3)19-16-28(17-20(24(19)31)27(4,5)6)25(23(30)18-12-8-7-9-13-18)32-22-15-11-10-14-21(22)29-28/h7-17,25,29H,1-6H3/t25-/m0/s1. The van der Waals surface area contributed by atoms with E-state index in [9.17, 15) is 9.59 Å². The summed E-state index contributed by atoms with van der Waals surface area (Å²) in [5.74, 6) is 0.527. The fraction of sp³-hybridized carbons (Fsp3) is 0.357. The Balaban J connectivity index is 1.97. The van der Waals surface area contributed by atoms with Crippen LogP contribution < -0.4 is 10.1 Å². The number of para-hydroxylation sites is 2. The summed E-state index contributed by atoms with van der Waals surface area (Å²) in [6, 6.07) is 16.8. The van der Waals surface area contributed by atoms with E-state index in [1.54, 1.807) is 12.1 Å². The molecule has 0 bridgehead atoms. The Morgan fingerprint density at radius 2 is 1.38 bits per heavy atom. The minimum atomic E-state index is -0.986. The molecule has 4 heteroatoms. The van der Waals surface area contributed by atoms with Crippen LogP contribution in [0.2, 0.25) is 0 Å². The Morgan fingerprint density at radius 3 is 1.94 bits per heavy atom. The third-order valence-corrected chi connectivity index (χ3v) is 6.08. The highest BCUT2D eigenvalue weighted by molar-refractivity contribution is 6.12. The number of hydrogen-bond acceptors (Lipinski definition) is 4. The summed E-state index contributed by atoms with van der Waals surface area (Å²) in [6.45, 7) is 12.2. The predicted molar refractivity (Wildman–Crippen MR) is 128 cm³/mol. The number of allylic oxidation sites excluding steroid dienone is 2. The number of fused-ring (bicyclic) bond motifs is 1. The number of rotatable bonds is 2. The van der Waals surface area contributed by atoms with Gasteiger partial charge in [0.2, 0.25) is 5.78 Å². The van der Waals surface area contributed by atoms with Crippen molar-refractivity contribution in [2.24, 2.45) is 10.8 Å². The molecule has 1 spiro atoms. The highest BCUT2D eigenvalue weighted by Gasteiger charge is 2.51. The van der Waals surface area contributed by atoms with Gasteiger partial charge in [0.1, 0.15) is 11.3 Å². The van der Waals surface area contributed by atoms with Crippen molar-refractivity contribution < 1.29 is 14.3 Å². The molecule has 2 aromatic carbocycles. The molecule has 0 amide bonds. The third kappa shape index (κ3) is 3.79. The second-order valence-electron chi connectivity index (χ2n) is 10.7. The number of benzene rings is 2.